The van der Waals surface area contributed by atoms with E-state index in [2.05, 4.69) is 217 Å². The predicted octanol–water partition coefficient (Wildman–Crippen LogP) is 14.7. The van der Waals surface area contributed by atoms with Crippen LogP contribution in [-0.2, 0) is 5.41 Å². The van der Waals surface area contributed by atoms with Gasteiger partial charge in [0.25, 0.3) is 0 Å². The molecule has 0 fully saturated rings. The standard InChI is InChI=1S/C57H49N3/c1-4-5-10-32-47-40-59(50-35-19-17-33-48(47)50)55-52(45-28-13-7-14-29-45)43(3)53(46-30-15-8-16-31-46)56(54(55)58-39-24-21-25-42(2)44-26-11-6-12-27-44)60-41-57(37-22-9-23-38-57)49-34-18-20-36-51(49)60/h4-37,39,58H,1-2,38,40-41H2,3H3/b10-5-,25-21-,39-24-,47-32+. The maximum Gasteiger partial charge on any atom is 0.0875 e. The zero-order chi connectivity index (χ0) is 40.9. The number of fused-ring (bicyclic) bond motifs is 3. The fourth-order valence-electron chi connectivity index (χ4n) is 9.22. The third kappa shape index (κ3) is 7.09. The van der Waals surface area contributed by atoms with Crippen LogP contribution in [0.1, 0.15) is 28.7 Å². The first-order valence-corrected chi connectivity index (χ1v) is 20.8. The number of benzene rings is 6. The van der Waals surface area contributed by atoms with Crippen LogP contribution in [0.2, 0.25) is 0 Å². The molecule has 0 aromatic heterocycles. The van der Waals surface area contributed by atoms with Crippen molar-refractivity contribution in [3.63, 3.8) is 0 Å². The monoisotopic (exact) mass is 775 g/mol. The molecule has 3 nitrogen and oxygen atoms in total. The molecule has 0 amide bonds. The minimum absolute atomic E-state index is 0.160. The van der Waals surface area contributed by atoms with Gasteiger partial charge in [-0.25, -0.2) is 0 Å². The first-order valence-electron chi connectivity index (χ1n) is 20.8. The number of nitrogens with one attached hydrogen (secondary N) is 1. The molecule has 60 heavy (non-hydrogen) atoms. The molecule has 0 saturated heterocycles. The molecular formula is C57H49N3. The average Bonchev–Trinajstić information content (AvgIpc) is 3.82. The summed E-state index contributed by atoms with van der Waals surface area (Å²) >= 11 is 0. The molecule has 1 N–H and O–H groups in total. The highest BCUT2D eigenvalue weighted by atomic mass is 15.2. The highest BCUT2D eigenvalue weighted by molar-refractivity contribution is 6.10. The van der Waals surface area contributed by atoms with Gasteiger partial charge in [0.1, 0.15) is 0 Å². The zero-order valence-corrected chi connectivity index (χ0v) is 34.1. The van der Waals surface area contributed by atoms with Gasteiger partial charge in [-0.1, -0.05) is 201 Å². The maximum absolute atomic E-state index is 4.35. The normalized spacial score (nSPS) is 17.4. The Kier molecular flexibility index (Phi) is 10.7. The minimum atomic E-state index is -0.160. The number of hydrogen-bond acceptors (Lipinski definition) is 3. The number of para-hydroxylation sites is 2. The summed E-state index contributed by atoms with van der Waals surface area (Å²) in [6.07, 6.45) is 26.6. The number of allylic oxidation sites excluding steroid dienone is 11. The van der Waals surface area contributed by atoms with Crippen molar-refractivity contribution in [3.8, 4) is 22.3 Å². The van der Waals surface area contributed by atoms with Crippen LogP contribution in [0.3, 0.4) is 0 Å². The van der Waals surface area contributed by atoms with Crippen LogP contribution in [0.4, 0.5) is 28.4 Å². The van der Waals surface area contributed by atoms with E-state index in [1.807, 2.05) is 30.4 Å². The molecule has 9 rings (SSSR count). The Bertz CT molecular complexity index is 2750. The van der Waals surface area contributed by atoms with Gasteiger partial charge in [-0.05, 0) is 70.5 Å². The van der Waals surface area contributed by atoms with Crippen molar-refractivity contribution in [3.05, 3.63) is 248 Å². The van der Waals surface area contributed by atoms with Crippen LogP contribution in [0.25, 0.3) is 33.4 Å². The molecule has 1 spiro atoms. The highest BCUT2D eigenvalue weighted by Gasteiger charge is 2.44. The first kappa shape index (κ1) is 38.2. The zero-order valence-electron chi connectivity index (χ0n) is 34.1. The summed E-state index contributed by atoms with van der Waals surface area (Å²) in [6.45, 7) is 12.1. The third-order valence-electron chi connectivity index (χ3n) is 12.0. The minimum Gasteiger partial charge on any atom is -0.358 e. The molecular weight excluding hydrogens is 727 g/mol. The van der Waals surface area contributed by atoms with Crippen molar-refractivity contribution in [2.24, 2.45) is 0 Å². The lowest BCUT2D eigenvalue weighted by atomic mass is 9.77. The molecule has 0 bridgehead atoms. The van der Waals surface area contributed by atoms with Crippen molar-refractivity contribution in [2.75, 3.05) is 28.2 Å². The Morgan fingerprint density at radius 3 is 1.98 bits per heavy atom. The van der Waals surface area contributed by atoms with E-state index in [1.165, 1.54) is 55.9 Å². The second-order valence-electron chi connectivity index (χ2n) is 15.6. The second kappa shape index (κ2) is 16.9. The van der Waals surface area contributed by atoms with Crippen molar-refractivity contribution < 1.29 is 0 Å². The van der Waals surface area contributed by atoms with E-state index in [9.17, 15) is 0 Å². The lowest BCUT2D eigenvalue weighted by Crippen LogP contribution is -2.31. The fourth-order valence-corrected chi connectivity index (χ4v) is 9.22. The van der Waals surface area contributed by atoms with Gasteiger partial charge in [0.05, 0.1) is 17.1 Å². The molecule has 2 heterocycles. The van der Waals surface area contributed by atoms with E-state index in [0.717, 1.165) is 41.2 Å². The number of rotatable bonds is 11. The van der Waals surface area contributed by atoms with Gasteiger partial charge >= 0.3 is 0 Å². The number of nitrogens with zero attached hydrogens (tertiary/aromatic N) is 2. The van der Waals surface area contributed by atoms with Gasteiger partial charge in [0.2, 0.25) is 0 Å². The van der Waals surface area contributed by atoms with E-state index in [-0.39, 0.29) is 5.41 Å². The molecule has 6 aromatic rings. The van der Waals surface area contributed by atoms with Crippen molar-refractivity contribution >= 4 is 39.6 Å². The molecule has 3 heteroatoms. The fraction of sp³-hybridized carbons (Fsp3) is 0.0877. The number of hydrogen-bond donors (Lipinski definition) is 1. The van der Waals surface area contributed by atoms with E-state index < -0.39 is 0 Å². The lowest BCUT2D eigenvalue weighted by molar-refractivity contribution is 0.579. The second-order valence-corrected chi connectivity index (χ2v) is 15.6. The van der Waals surface area contributed by atoms with Crippen LogP contribution >= 0.6 is 0 Å². The van der Waals surface area contributed by atoms with Crippen LogP contribution in [-0.4, -0.2) is 13.1 Å². The van der Waals surface area contributed by atoms with E-state index in [0.29, 0.717) is 6.54 Å². The molecule has 292 valence electrons. The average molecular weight is 776 g/mol. The molecule has 2 aliphatic heterocycles. The smallest absolute Gasteiger partial charge is 0.0875 e. The predicted molar refractivity (Wildman–Crippen MR) is 258 cm³/mol. The van der Waals surface area contributed by atoms with E-state index in [1.54, 1.807) is 0 Å². The molecule has 0 radical (unpaired) electrons. The Morgan fingerprint density at radius 2 is 1.30 bits per heavy atom. The third-order valence-corrected chi connectivity index (χ3v) is 12.0. The van der Waals surface area contributed by atoms with Gasteiger partial charge in [-0.15, -0.1) is 0 Å². The first-order chi connectivity index (χ1) is 29.6. The molecule has 6 aromatic carbocycles. The van der Waals surface area contributed by atoms with Gasteiger partial charge in [0, 0.05) is 52.8 Å². The van der Waals surface area contributed by atoms with Crippen molar-refractivity contribution in [2.45, 2.75) is 18.8 Å². The quantitative estimate of drug-likeness (QED) is 0.132. The number of anilines is 5. The van der Waals surface area contributed by atoms with Crippen molar-refractivity contribution in [1.29, 1.82) is 0 Å². The van der Waals surface area contributed by atoms with Gasteiger partial charge in [0.15, 0.2) is 0 Å². The molecule has 1 aliphatic carbocycles. The summed E-state index contributed by atoms with van der Waals surface area (Å²) < 4.78 is 0. The Hall–Kier alpha value is -7.36. The molecule has 1 unspecified atom stereocenters. The molecule has 3 aliphatic rings. The molecule has 1 atom stereocenters. The van der Waals surface area contributed by atoms with E-state index >= 15 is 0 Å². The Labute approximate surface area is 355 Å². The Morgan fingerprint density at radius 1 is 0.667 bits per heavy atom. The summed E-state index contributed by atoms with van der Waals surface area (Å²) in [6, 6.07) is 50.0. The summed E-state index contributed by atoms with van der Waals surface area (Å²) in [7, 11) is 0. The lowest BCUT2D eigenvalue weighted by Gasteiger charge is -2.35. The maximum atomic E-state index is 4.35. The van der Waals surface area contributed by atoms with Crippen LogP contribution < -0.4 is 15.1 Å². The van der Waals surface area contributed by atoms with Crippen LogP contribution in [0.15, 0.2) is 226 Å². The topological polar surface area (TPSA) is 18.5 Å². The molecule has 0 saturated carbocycles. The Balaban J connectivity index is 1.34. The van der Waals surface area contributed by atoms with Gasteiger partial charge in [-0.3, -0.25) is 0 Å². The summed E-state index contributed by atoms with van der Waals surface area (Å²) in [5, 5.41) is 3.99. The van der Waals surface area contributed by atoms with Crippen LogP contribution in [0.5, 0.6) is 0 Å². The van der Waals surface area contributed by atoms with Gasteiger partial charge in [-0.2, -0.15) is 0 Å². The van der Waals surface area contributed by atoms with Crippen LogP contribution in [0, 0.1) is 6.92 Å². The summed E-state index contributed by atoms with van der Waals surface area (Å²) in [5.41, 5.74) is 17.5. The highest BCUT2D eigenvalue weighted by Crippen LogP contribution is 2.59. The SMILES string of the molecule is C=C/C=C\C=C1/CN(c2c(N/C=C\C=C/C(=C)c3ccccc3)c(N3CC4(C=CC=CC4)c4ccccc43)c(-c3ccccc3)c(C)c2-c2ccccc2)c2ccccc21. The summed E-state index contributed by atoms with van der Waals surface area (Å²) in [5.74, 6) is 0. The summed E-state index contributed by atoms with van der Waals surface area (Å²) in [4.78, 5) is 5.13. The van der Waals surface area contributed by atoms with Crippen molar-refractivity contribution in [1.82, 2.24) is 0 Å². The van der Waals surface area contributed by atoms with E-state index in [4.69, 9.17) is 0 Å². The van der Waals surface area contributed by atoms with Gasteiger partial charge < -0.3 is 15.1 Å². The largest absolute Gasteiger partial charge is 0.358 e.